The predicted octanol–water partition coefficient (Wildman–Crippen LogP) is 4.83. The third-order valence-electron chi connectivity index (χ3n) is 6.60. The molecule has 3 rings (SSSR count). The second-order valence-corrected chi connectivity index (χ2v) is 11.5. The van der Waals surface area contributed by atoms with E-state index in [0.717, 1.165) is 27.4 Å². The number of sulfonamides is 1. The van der Waals surface area contributed by atoms with E-state index in [-0.39, 0.29) is 23.4 Å². The fourth-order valence-corrected chi connectivity index (χ4v) is 5.65. The van der Waals surface area contributed by atoms with Crippen molar-refractivity contribution in [2.45, 2.75) is 64.6 Å². The van der Waals surface area contributed by atoms with Gasteiger partial charge in [-0.15, -0.1) is 0 Å². The molecule has 0 radical (unpaired) electrons. The summed E-state index contributed by atoms with van der Waals surface area (Å²) >= 11 is 0. The number of benzene rings is 3. The molecule has 7 nitrogen and oxygen atoms in total. The Labute approximate surface area is 226 Å². The normalized spacial score (nSPS) is 12.9. The minimum atomic E-state index is -4.07. The fraction of sp³-hybridized carbons (Fsp3) is 0.333. The number of aryl methyl sites for hydroxylation is 2. The largest absolute Gasteiger partial charge is 0.352 e. The Kier molecular flexibility index (Phi) is 9.69. The fourth-order valence-electron chi connectivity index (χ4n) is 4.15. The topological polar surface area (TPSA) is 86.8 Å². The highest BCUT2D eigenvalue weighted by Crippen LogP contribution is 2.28. The molecule has 0 saturated carbocycles. The van der Waals surface area contributed by atoms with Gasteiger partial charge in [0.15, 0.2) is 0 Å². The van der Waals surface area contributed by atoms with Crippen molar-refractivity contribution in [3.05, 3.63) is 95.6 Å². The van der Waals surface area contributed by atoms with Gasteiger partial charge in [-0.25, -0.2) is 8.42 Å². The summed E-state index contributed by atoms with van der Waals surface area (Å²) < 4.78 is 28.9. The van der Waals surface area contributed by atoms with E-state index < -0.39 is 28.5 Å². The molecular formula is C30H37N3O4S. The summed E-state index contributed by atoms with van der Waals surface area (Å²) in [4.78, 5) is 28.5. The Balaban J connectivity index is 2.03. The molecule has 38 heavy (non-hydrogen) atoms. The Morgan fingerprint density at radius 1 is 0.895 bits per heavy atom. The highest BCUT2D eigenvalue weighted by Gasteiger charge is 2.33. The highest BCUT2D eigenvalue weighted by molar-refractivity contribution is 7.92. The van der Waals surface area contributed by atoms with Crippen molar-refractivity contribution < 1.29 is 18.0 Å². The molecule has 3 aromatic carbocycles. The molecule has 0 aliphatic carbocycles. The predicted molar refractivity (Wildman–Crippen MR) is 151 cm³/mol. The first-order valence-corrected chi connectivity index (χ1v) is 14.3. The van der Waals surface area contributed by atoms with Gasteiger partial charge in [-0.3, -0.25) is 13.9 Å². The molecule has 0 unspecified atom stereocenters. The van der Waals surface area contributed by atoms with E-state index in [0.29, 0.717) is 5.69 Å². The average Bonchev–Trinajstić information content (AvgIpc) is 2.91. The van der Waals surface area contributed by atoms with Gasteiger partial charge in [-0.1, -0.05) is 73.2 Å². The maximum atomic E-state index is 13.9. The van der Waals surface area contributed by atoms with Crippen molar-refractivity contribution in [1.29, 1.82) is 0 Å². The number of nitrogens with one attached hydrogen (secondary N) is 1. The molecule has 2 atom stereocenters. The second-order valence-electron chi connectivity index (χ2n) is 9.62. The van der Waals surface area contributed by atoms with Gasteiger partial charge in [0, 0.05) is 12.6 Å². The Morgan fingerprint density at radius 2 is 1.50 bits per heavy atom. The summed E-state index contributed by atoms with van der Waals surface area (Å²) in [5.74, 6) is -0.757. The molecule has 0 aromatic heterocycles. The summed E-state index contributed by atoms with van der Waals surface area (Å²) in [5.41, 5.74) is 2.97. The Bertz CT molecular complexity index is 1340. The average molecular weight is 536 g/mol. The summed E-state index contributed by atoms with van der Waals surface area (Å²) in [5, 5.41) is 2.94. The number of anilines is 1. The lowest BCUT2D eigenvalue weighted by atomic mass is 10.1. The smallest absolute Gasteiger partial charge is 0.264 e. The molecule has 0 fully saturated rings. The van der Waals surface area contributed by atoms with Crippen LogP contribution < -0.4 is 9.62 Å². The second kappa shape index (κ2) is 12.7. The van der Waals surface area contributed by atoms with E-state index >= 15 is 0 Å². The molecule has 0 heterocycles. The van der Waals surface area contributed by atoms with Crippen LogP contribution in [-0.2, 0) is 26.2 Å². The summed E-state index contributed by atoms with van der Waals surface area (Å²) in [7, 11) is -4.07. The van der Waals surface area contributed by atoms with Gasteiger partial charge in [0.25, 0.3) is 10.0 Å². The van der Waals surface area contributed by atoms with Crippen LogP contribution in [0.3, 0.4) is 0 Å². The minimum absolute atomic E-state index is 0.0520. The van der Waals surface area contributed by atoms with Gasteiger partial charge in [0.1, 0.15) is 12.6 Å². The number of hydrogen-bond donors (Lipinski definition) is 1. The van der Waals surface area contributed by atoms with Gasteiger partial charge < -0.3 is 10.2 Å². The quantitative estimate of drug-likeness (QED) is 0.381. The minimum Gasteiger partial charge on any atom is -0.352 e. The third kappa shape index (κ3) is 7.01. The molecule has 0 spiro atoms. The van der Waals surface area contributed by atoms with Crippen LogP contribution in [0, 0.1) is 13.8 Å². The zero-order valence-corrected chi connectivity index (χ0v) is 23.5. The van der Waals surface area contributed by atoms with E-state index in [2.05, 4.69) is 5.32 Å². The molecule has 0 aliphatic heterocycles. The molecule has 202 valence electrons. The Morgan fingerprint density at radius 3 is 2.08 bits per heavy atom. The first kappa shape index (κ1) is 28.9. The maximum Gasteiger partial charge on any atom is 0.264 e. The van der Waals surface area contributed by atoms with Crippen LogP contribution in [-0.4, -0.2) is 43.8 Å². The van der Waals surface area contributed by atoms with E-state index in [1.807, 2.05) is 70.2 Å². The van der Waals surface area contributed by atoms with Crippen LogP contribution >= 0.6 is 0 Å². The van der Waals surface area contributed by atoms with Crippen molar-refractivity contribution in [2.24, 2.45) is 0 Å². The van der Waals surface area contributed by atoms with Crippen LogP contribution in [0.1, 0.15) is 43.9 Å². The van der Waals surface area contributed by atoms with Crippen LogP contribution in [0.5, 0.6) is 0 Å². The monoisotopic (exact) mass is 535 g/mol. The van der Waals surface area contributed by atoms with Gasteiger partial charge in [0.2, 0.25) is 11.8 Å². The van der Waals surface area contributed by atoms with Crippen molar-refractivity contribution >= 4 is 27.5 Å². The lowest BCUT2D eigenvalue weighted by Crippen LogP contribution is -2.52. The maximum absolute atomic E-state index is 13.9. The number of carbonyl (C=O) groups is 2. The number of nitrogens with zero attached hydrogens (tertiary/aromatic N) is 2. The molecule has 3 aromatic rings. The zero-order valence-electron chi connectivity index (χ0n) is 22.7. The van der Waals surface area contributed by atoms with Crippen molar-refractivity contribution in [1.82, 2.24) is 10.2 Å². The molecule has 2 amide bonds. The van der Waals surface area contributed by atoms with Gasteiger partial charge >= 0.3 is 0 Å². The van der Waals surface area contributed by atoms with Crippen molar-refractivity contribution in [3.8, 4) is 0 Å². The summed E-state index contributed by atoms with van der Waals surface area (Å²) in [6, 6.07) is 22.0. The first-order chi connectivity index (χ1) is 18.0. The van der Waals surface area contributed by atoms with Crippen molar-refractivity contribution in [2.75, 3.05) is 10.8 Å². The highest BCUT2D eigenvalue weighted by atomic mass is 32.2. The molecule has 0 saturated heterocycles. The van der Waals surface area contributed by atoms with E-state index in [9.17, 15) is 18.0 Å². The summed E-state index contributed by atoms with van der Waals surface area (Å²) in [6.07, 6.45) is 0.751. The standard InChI is InChI=1S/C30H37N3O4S/c1-6-24(4)31-30(35)25(5)32(20-26-13-9-7-10-14-26)29(34)21-33(28-18-17-22(2)19-23(28)3)38(36,37)27-15-11-8-12-16-27/h7-19,24-25H,6,20-21H2,1-5H3,(H,31,35)/t24-,25-/m1/s1. The van der Waals surface area contributed by atoms with Crippen LogP contribution in [0.15, 0.2) is 83.8 Å². The zero-order chi connectivity index (χ0) is 27.9. The van der Waals surface area contributed by atoms with Crippen molar-refractivity contribution in [3.63, 3.8) is 0 Å². The van der Waals surface area contributed by atoms with E-state index in [1.54, 1.807) is 31.2 Å². The van der Waals surface area contributed by atoms with Gasteiger partial charge in [-0.2, -0.15) is 0 Å². The summed E-state index contributed by atoms with van der Waals surface area (Å²) in [6.45, 7) is 9.02. The van der Waals surface area contributed by atoms with Crippen LogP contribution in [0.25, 0.3) is 0 Å². The number of hydrogen-bond acceptors (Lipinski definition) is 4. The number of amides is 2. The van der Waals surface area contributed by atoms with Crippen LogP contribution in [0.4, 0.5) is 5.69 Å². The molecular weight excluding hydrogens is 498 g/mol. The van der Waals surface area contributed by atoms with Gasteiger partial charge in [-0.05, 0) is 63.4 Å². The lowest BCUT2D eigenvalue weighted by Gasteiger charge is -2.33. The van der Waals surface area contributed by atoms with Crippen LogP contribution in [0.2, 0.25) is 0 Å². The molecule has 8 heteroatoms. The number of rotatable bonds is 11. The Hall–Kier alpha value is -3.65. The van der Waals surface area contributed by atoms with E-state index in [4.69, 9.17) is 0 Å². The first-order valence-electron chi connectivity index (χ1n) is 12.8. The molecule has 0 bridgehead atoms. The SMILES string of the molecule is CC[C@@H](C)NC(=O)[C@@H](C)N(Cc1ccccc1)C(=O)CN(c1ccc(C)cc1C)S(=O)(=O)c1ccccc1. The molecule has 1 N–H and O–H groups in total. The van der Waals surface area contributed by atoms with Gasteiger partial charge in [0.05, 0.1) is 10.6 Å². The number of carbonyl (C=O) groups excluding carboxylic acids is 2. The third-order valence-corrected chi connectivity index (χ3v) is 8.37. The molecule has 0 aliphatic rings. The lowest BCUT2D eigenvalue weighted by molar-refractivity contribution is -0.139. The van der Waals surface area contributed by atoms with E-state index in [1.165, 1.54) is 17.0 Å².